The number of amides is 2. The quantitative estimate of drug-likeness (QED) is 0.599. The number of fused-ring (bicyclic) bond motifs is 2. The lowest BCUT2D eigenvalue weighted by atomic mass is 9.99. The SMILES string of the molecule is C#CCn1cc(N(C2CCN(C)CC2)S(=O)(=O)NC(=O)Nc2c3c(cc4c2CCC4)CCC3)cn1. The number of likely N-dealkylation sites (tertiary alicyclic amines) is 1. The van der Waals surface area contributed by atoms with E-state index in [1.54, 1.807) is 6.20 Å². The lowest BCUT2D eigenvalue weighted by molar-refractivity contribution is 0.254. The zero-order valence-corrected chi connectivity index (χ0v) is 20.9. The van der Waals surface area contributed by atoms with Crippen molar-refractivity contribution in [1.29, 1.82) is 0 Å². The summed E-state index contributed by atoms with van der Waals surface area (Å²) in [6.45, 7) is 1.77. The number of urea groups is 1. The van der Waals surface area contributed by atoms with E-state index in [-0.39, 0.29) is 12.6 Å². The Hall–Kier alpha value is -3.03. The van der Waals surface area contributed by atoms with E-state index in [0.29, 0.717) is 18.5 Å². The molecular weight excluding hydrogens is 464 g/mol. The Morgan fingerprint density at radius 3 is 2.46 bits per heavy atom. The van der Waals surface area contributed by atoms with Crippen LogP contribution in [0.4, 0.5) is 16.2 Å². The normalized spacial score (nSPS) is 18.1. The number of benzene rings is 1. The smallest absolute Gasteiger partial charge is 0.307 e. The van der Waals surface area contributed by atoms with Crippen LogP contribution in [-0.4, -0.2) is 55.3 Å². The largest absolute Gasteiger partial charge is 0.334 e. The van der Waals surface area contributed by atoms with Crippen LogP contribution in [-0.2, 0) is 42.4 Å². The number of nitrogens with zero attached hydrogens (tertiary/aromatic N) is 4. The molecule has 0 radical (unpaired) electrons. The van der Waals surface area contributed by atoms with Gasteiger partial charge in [-0.25, -0.2) is 13.8 Å². The van der Waals surface area contributed by atoms with E-state index in [1.165, 1.54) is 26.3 Å². The Morgan fingerprint density at radius 1 is 1.17 bits per heavy atom. The minimum atomic E-state index is -4.19. The van der Waals surface area contributed by atoms with Gasteiger partial charge in [0.05, 0.1) is 18.1 Å². The molecule has 3 aliphatic rings. The second kappa shape index (κ2) is 9.55. The third kappa shape index (κ3) is 4.75. The molecule has 0 saturated carbocycles. The molecule has 0 unspecified atom stereocenters. The summed E-state index contributed by atoms with van der Waals surface area (Å²) in [5.74, 6) is 2.51. The molecule has 1 fully saturated rings. The van der Waals surface area contributed by atoms with Gasteiger partial charge in [0, 0.05) is 11.7 Å². The van der Waals surface area contributed by atoms with E-state index < -0.39 is 16.2 Å². The minimum Gasteiger partial charge on any atom is -0.307 e. The summed E-state index contributed by atoms with van der Waals surface area (Å²) in [5, 5.41) is 7.13. The summed E-state index contributed by atoms with van der Waals surface area (Å²) in [5.41, 5.74) is 6.07. The van der Waals surface area contributed by atoms with Crippen molar-refractivity contribution >= 4 is 27.6 Å². The molecule has 1 aliphatic heterocycles. The minimum absolute atomic E-state index is 0.236. The maximum atomic E-state index is 13.6. The molecule has 0 bridgehead atoms. The van der Waals surface area contributed by atoms with Gasteiger partial charge < -0.3 is 10.2 Å². The lowest BCUT2D eigenvalue weighted by Gasteiger charge is -2.36. The fourth-order valence-corrected chi connectivity index (χ4v) is 7.05. The van der Waals surface area contributed by atoms with E-state index in [2.05, 4.69) is 32.0 Å². The average molecular weight is 497 g/mol. The number of piperidine rings is 1. The first kappa shape index (κ1) is 23.7. The van der Waals surface area contributed by atoms with Gasteiger partial charge in [0.1, 0.15) is 6.54 Å². The van der Waals surface area contributed by atoms with Gasteiger partial charge in [-0.05, 0) is 93.8 Å². The first-order valence-electron chi connectivity index (χ1n) is 12.3. The summed E-state index contributed by atoms with van der Waals surface area (Å²) in [6.07, 6.45) is 15.7. The van der Waals surface area contributed by atoms with Gasteiger partial charge in [0.2, 0.25) is 0 Å². The van der Waals surface area contributed by atoms with Gasteiger partial charge in [-0.1, -0.05) is 12.0 Å². The Labute approximate surface area is 207 Å². The van der Waals surface area contributed by atoms with Crippen molar-refractivity contribution in [2.45, 2.75) is 64.0 Å². The Kier molecular flexibility index (Phi) is 6.47. The van der Waals surface area contributed by atoms with Crippen LogP contribution >= 0.6 is 0 Å². The number of carbonyl (C=O) groups is 1. The van der Waals surface area contributed by atoms with E-state index in [0.717, 1.165) is 68.4 Å². The molecule has 1 saturated heterocycles. The fraction of sp³-hybridized carbons (Fsp3) is 0.520. The standard InChI is InChI=1S/C25H32N6O3S/c1-3-12-30-17-21(16-26-30)31(20-10-13-29(2)14-11-20)35(33,34)28-25(32)27-24-22-8-4-6-18(22)15-19-7-5-9-23(19)24/h1,15-17,20H,4-14H2,2H3,(H2,27,28,32). The molecule has 186 valence electrons. The fourth-order valence-electron chi connectivity index (χ4n) is 5.69. The molecular formula is C25H32N6O3S. The summed E-state index contributed by atoms with van der Waals surface area (Å²) in [7, 11) is -2.18. The molecule has 1 aromatic heterocycles. The third-order valence-corrected chi connectivity index (χ3v) is 8.81. The van der Waals surface area contributed by atoms with Crippen LogP contribution in [0.1, 0.15) is 47.9 Å². The van der Waals surface area contributed by atoms with Gasteiger partial charge in [0.15, 0.2) is 0 Å². The highest BCUT2D eigenvalue weighted by molar-refractivity contribution is 7.91. The Morgan fingerprint density at radius 2 is 1.83 bits per heavy atom. The van der Waals surface area contributed by atoms with Crippen molar-refractivity contribution in [1.82, 2.24) is 19.4 Å². The van der Waals surface area contributed by atoms with E-state index in [4.69, 9.17) is 6.42 Å². The van der Waals surface area contributed by atoms with Crippen molar-refractivity contribution in [3.63, 3.8) is 0 Å². The zero-order chi connectivity index (χ0) is 24.6. The summed E-state index contributed by atoms with van der Waals surface area (Å²) in [6, 6.07) is 1.26. The van der Waals surface area contributed by atoms with Gasteiger partial charge in [-0.15, -0.1) is 6.42 Å². The number of aryl methyl sites for hydroxylation is 2. The van der Waals surface area contributed by atoms with Crippen LogP contribution in [0.15, 0.2) is 18.5 Å². The number of terminal acetylenes is 1. The van der Waals surface area contributed by atoms with Crippen molar-refractivity contribution in [2.24, 2.45) is 0 Å². The van der Waals surface area contributed by atoms with Gasteiger partial charge in [-0.3, -0.25) is 4.68 Å². The third-order valence-electron chi connectivity index (χ3n) is 7.34. The highest BCUT2D eigenvalue weighted by Crippen LogP contribution is 2.38. The van der Waals surface area contributed by atoms with Crippen LogP contribution in [0.3, 0.4) is 0 Å². The highest BCUT2D eigenvalue weighted by atomic mass is 32.2. The van der Waals surface area contributed by atoms with Crippen molar-refractivity contribution in [2.75, 3.05) is 29.8 Å². The van der Waals surface area contributed by atoms with Crippen molar-refractivity contribution in [3.8, 4) is 12.3 Å². The van der Waals surface area contributed by atoms with Crippen LogP contribution < -0.4 is 14.3 Å². The highest BCUT2D eigenvalue weighted by Gasteiger charge is 2.35. The molecule has 2 amide bonds. The summed E-state index contributed by atoms with van der Waals surface area (Å²) >= 11 is 0. The van der Waals surface area contributed by atoms with Crippen molar-refractivity contribution in [3.05, 3.63) is 40.7 Å². The number of carbonyl (C=O) groups excluding carboxylic acids is 1. The summed E-state index contributed by atoms with van der Waals surface area (Å²) < 4.78 is 32.3. The number of anilines is 2. The monoisotopic (exact) mass is 496 g/mol. The van der Waals surface area contributed by atoms with Crippen LogP contribution in [0.2, 0.25) is 0 Å². The second-order valence-electron chi connectivity index (χ2n) is 9.73. The maximum absolute atomic E-state index is 13.6. The maximum Gasteiger partial charge on any atom is 0.334 e. The van der Waals surface area contributed by atoms with E-state index in [9.17, 15) is 13.2 Å². The van der Waals surface area contributed by atoms with Crippen LogP contribution in [0.25, 0.3) is 0 Å². The molecule has 2 heterocycles. The predicted octanol–water partition coefficient (Wildman–Crippen LogP) is 2.46. The second-order valence-corrected chi connectivity index (χ2v) is 11.3. The number of hydrogen-bond acceptors (Lipinski definition) is 5. The molecule has 1 aromatic carbocycles. The molecule has 10 heteroatoms. The van der Waals surface area contributed by atoms with E-state index in [1.807, 2.05) is 7.05 Å². The first-order chi connectivity index (χ1) is 16.9. The molecule has 2 aromatic rings. The number of rotatable bonds is 6. The van der Waals surface area contributed by atoms with Crippen LogP contribution in [0.5, 0.6) is 0 Å². The molecule has 9 nitrogen and oxygen atoms in total. The lowest BCUT2D eigenvalue weighted by Crippen LogP contribution is -2.52. The predicted molar refractivity (Wildman–Crippen MR) is 136 cm³/mol. The molecule has 2 N–H and O–H groups in total. The molecule has 2 aliphatic carbocycles. The van der Waals surface area contributed by atoms with Gasteiger partial charge in [-0.2, -0.15) is 13.5 Å². The molecule has 0 spiro atoms. The molecule has 5 rings (SSSR count). The molecule has 35 heavy (non-hydrogen) atoms. The number of nitrogens with one attached hydrogen (secondary N) is 2. The average Bonchev–Trinajstić information content (AvgIpc) is 3.56. The van der Waals surface area contributed by atoms with Gasteiger partial charge >= 0.3 is 16.2 Å². The van der Waals surface area contributed by atoms with Crippen LogP contribution in [0, 0.1) is 12.3 Å². The molecule has 0 atom stereocenters. The number of aromatic nitrogens is 2. The first-order valence-corrected chi connectivity index (χ1v) is 13.7. The summed E-state index contributed by atoms with van der Waals surface area (Å²) in [4.78, 5) is 15.3. The Balaban J connectivity index is 1.40. The van der Waals surface area contributed by atoms with Crippen molar-refractivity contribution < 1.29 is 13.2 Å². The number of hydrogen-bond donors (Lipinski definition) is 2. The zero-order valence-electron chi connectivity index (χ0n) is 20.1. The topological polar surface area (TPSA) is 99.6 Å². The Bertz CT molecular complexity index is 1240. The van der Waals surface area contributed by atoms with Gasteiger partial charge in [0.25, 0.3) is 0 Å². The van der Waals surface area contributed by atoms with E-state index >= 15 is 0 Å².